The lowest BCUT2D eigenvalue weighted by Gasteiger charge is -2.26. The highest BCUT2D eigenvalue weighted by atomic mass is 16.5. The Morgan fingerprint density at radius 1 is 1.05 bits per heavy atom. The smallest absolute Gasteiger partial charge is 0.295 e. The molecular weight excluding hydrogens is 496 g/mol. The Labute approximate surface area is 227 Å². The van der Waals surface area contributed by atoms with E-state index in [1.54, 1.807) is 48.8 Å². The third kappa shape index (κ3) is 5.19. The first kappa shape index (κ1) is 26.3. The molecule has 0 aliphatic carbocycles. The Bertz CT molecular complexity index is 1420. The first-order valence-corrected chi connectivity index (χ1v) is 13.3. The van der Waals surface area contributed by atoms with Crippen molar-refractivity contribution >= 4 is 17.4 Å². The minimum absolute atomic E-state index is 0.0330. The van der Waals surface area contributed by atoms with Gasteiger partial charge in [-0.3, -0.25) is 14.6 Å². The van der Waals surface area contributed by atoms with Gasteiger partial charge in [-0.25, -0.2) is 0 Å². The molecule has 1 saturated heterocycles. The lowest BCUT2D eigenvalue weighted by molar-refractivity contribution is -0.140. The van der Waals surface area contributed by atoms with Crippen LogP contribution >= 0.6 is 0 Å². The number of aliphatic hydroxyl groups excluding tert-OH is 1. The van der Waals surface area contributed by atoms with Gasteiger partial charge in [0.1, 0.15) is 17.6 Å². The van der Waals surface area contributed by atoms with Crippen LogP contribution in [0.3, 0.4) is 0 Å². The van der Waals surface area contributed by atoms with Crippen molar-refractivity contribution in [3.05, 3.63) is 88.8 Å². The van der Waals surface area contributed by atoms with Crippen LogP contribution in [0, 0.1) is 0 Å². The van der Waals surface area contributed by atoms with Crippen molar-refractivity contribution in [3.8, 4) is 17.2 Å². The molecule has 5 rings (SSSR count). The van der Waals surface area contributed by atoms with E-state index < -0.39 is 17.7 Å². The van der Waals surface area contributed by atoms with Crippen LogP contribution in [0.2, 0.25) is 0 Å². The molecular formula is C31H32N2O6. The molecule has 8 heteroatoms. The summed E-state index contributed by atoms with van der Waals surface area (Å²) >= 11 is 0. The Morgan fingerprint density at radius 3 is 2.59 bits per heavy atom. The maximum absolute atomic E-state index is 13.5. The summed E-state index contributed by atoms with van der Waals surface area (Å²) in [6, 6.07) is 13.5. The van der Waals surface area contributed by atoms with E-state index >= 15 is 0 Å². The van der Waals surface area contributed by atoms with Crippen molar-refractivity contribution < 1.29 is 28.9 Å². The van der Waals surface area contributed by atoms with Crippen LogP contribution in [0.1, 0.15) is 55.5 Å². The summed E-state index contributed by atoms with van der Waals surface area (Å²) in [6.45, 7) is 6.99. The topological polar surface area (TPSA) is 98.2 Å². The second-order valence-electron chi connectivity index (χ2n) is 9.73. The van der Waals surface area contributed by atoms with Gasteiger partial charge in [-0.05, 0) is 79.4 Å². The minimum atomic E-state index is -0.832. The number of ether oxygens (including phenoxy) is 3. The van der Waals surface area contributed by atoms with Gasteiger partial charge in [0.25, 0.3) is 11.7 Å². The van der Waals surface area contributed by atoms with E-state index in [2.05, 4.69) is 4.98 Å². The van der Waals surface area contributed by atoms with E-state index in [-0.39, 0.29) is 24.0 Å². The number of Topliss-reactive ketones (excluding diaryl/α,β-unsaturated/α-hetero) is 1. The van der Waals surface area contributed by atoms with E-state index in [0.717, 1.165) is 23.3 Å². The maximum atomic E-state index is 13.5. The van der Waals surface area contributed by atoms with Crippen LogP contribution in [-0.2, 0) is 22.6 Å². The molecule has 1 fully saturated rings. The number of amides is 1. The summed E-state index contributed by atoms with van der Waals surface area (Å²) in [5.41, 5.74) is 2.89. The average Bonchev–Trinajstić information content (AvgIpc) is 3.43. The molecule has 202 valence electrons. The SMILES string of the molecule is CCCOc1ccc([C@@H]2/C(=C(\O)c3ccc4c(c3)C[C@H](C)O4)C(=O)C(=O)N2Cc2ccncc2)cc1OCC. The largest absolute Gasteiger partial charge is 0.507 e. The maximum Gasteiger partial charge on any atom is 0.295 e. The van der Waals surface area contributed by atoms with Crippen LogP contribution in [0.25, 0.3) is 5.76 Å². The molecule has 1 aromatic heterocycles. The summed E-state index contributed by atoms with van der Waals surface area (Å²) in [7, 11) is 0. The number of aromatic nitrogens is 1. The van der Waals surface area contributed by atoms with Crippen LogP contribution < -0.4 is 14.2 Å². The van der Waals surface area contributed by atoms with Gasteiger partial charge < -0.3 is 24.2 Å². The standard InChI is InChI=1S/C31H32N2O6/c1-4-14-38-25-9-6-21(17-26(25)37-5-2)28-27(29(34)22-7-8-24-23(16-22)15-19(3)39-24)30(35)31(36)33(28)18-20-10-12-32-13-11-20/h6-13,16-17,19,28,34H,4-5,14-15,18H2,1-3H3/b29-27+/t19-,28+/m0/s1. The number of carbonyl (C=O) groups is 2. The van der Waals surface area contributed by atoms with Crippen molar-refractivity contribution in [2.75, 3.05) is 13.2 Å². The molecule has 2 aromatic carbocycles. The number of nitrogens with zero attached hydrogens (tertiary/aromatic N) is 2. The van der Waals surface area contributed by atoms with E-state index in [0.29, 0.717) is 42.3 Å². The Hall–Kier alpha value is -4.33. The molecule has 2 aliphatic heterocycles. The Morgan fingerprint density at radius 2 is 1.85 bits per heavy atom. The first-order valence-electron chi connectivity index (χ1n) is 13.3. The number of hydrogen-bond acceptors (Lipinski definition) is 7. The Balaban J connectivity index is 1.63. The van der Waals surface area contributed by atoms with Gasteiger partial charge in [-0.15, -0.1) is 0 Å². The van der Waals surface area contributed by atoms with Crippen molar-refractivity contribution in [2.24, 2.45) is 0 Å². The van der Waals surface area contributed by atoms with Crippen molar-refractivity contribution in [1.82, 2.24) is 9.88 Å². The van der Waals surface area contributed by atoms with Crippen molar-refractivity contribution in [2.45, 2.75) is 52.3 Å². The van der Waals surface area contributed by atoms with E-state index in [1.165, 1.54) is 4.90 Å². The number of aliphatic hydroxyl groups is 1. The fourth-order valence-electron chi connectivity index (χ4n) is 5.09. The predicted molar refractivity (Wildman–Crippen MR) is 146 cm³/mol. The highest BCUT2D eigenvalue weighted by molar-refractivity contribution is 6.46. The van der Waals surface area contributed by atoms with Crippen LogP contribution in [0.15, 0.2) is 66.5 Å². The number of rotatable bonds is 9. The van der Waals surface area contributed by atoms with Gasteiger partial charge in [0.05, 0.1) is 24.8 Å². The molecule has 2 aliphatic rings. The Kier molecular flexibility index (Phi) is 7.54. The van der Waals surface area contributed by atoms with Gasteiger partial charge in [-0.1, -0.05) is 13.0 Å². The molecule has 8 nitrogen and oxygen atoms in total. The zero-order valence-electron chi connectivity index (χ0n) is 22.3. The number of likely N-dealkylation sites (tertiary alicyclic amines) is 1. The predicted octanol–water partition coefficient (Wildman–Crippen LogP) is 5.21. The van der Waals surface area contributed by atoms with Gasteiger partial charge in [-0.2, -0.15) is 0 Å². The van der Waals surface area contributed by atoms with E-state index in [4.69, 9.17) is 14.2 Å². The number of hydrogen-bond donors (Lipinski definition) is 1. The monoisotopic (exact) mass is 528 g/mol. The first-order chi connectivity index (χ1) is 18.9. The summed E-state index contributed by atoms with van der Waals surface area (Å²) < 4.78 is 17.5. The number of ketones is 1. The third-order valence-corrected chi connectivity index (χ3v) is 6.86. The molecule has 3 heterocycles. The van der Waals surface area contributed by atoms with E-state index in [1.807, 2.05) is 32.9 Å². The molecule has 0 spiro atoms. The molecule has 39 heavy (non-hydrogen) atoms. The quantitative estimate of drug-likeness (QED) is 0.231. The molecule has 2 atom stereocenters. The zero-order chi connectivity index (χ0) is 27.5. The lowest BCUT2D eigenvalue weighted by Crippen LogP contribution is -2.29. The average molecular weight is 529 g/mol. The molecule has 3 aromatic rings. The normalized spacial score (nSPS) is 19.6. The third-order valence-electron chi connectivity index (χ3n) is 6.86. The second kappa shape index (κ2) is 11.2. The molecule has 0 bridgehead atoms. The number of carbonyl (C=O) groups excluding carboxylic acids is 2. The van der Waals surface area contributed by atoms with Gasteiger partial charge in [0.15, 0.2) is 11.5 Å². The number of pyridine rings is 1. The van der Waals surface area contributed by atoms with Gasteiger partial charge in [0.2, 0.25) is 0 Å². The van der Waals surface area contributed by atoms with Crippen molar-refractivity contribution in [3.63, 3.8) is 0 Å². The van der Waals surface area contributed by atoms with E-state index in [9.17, 15) is 14.7 Å². The highest BCUT2D eigenvalue weighted by Crippen LogP contribution is 2.43. The minimum Gasteiger partial charge on any atom is -0.507 e. The summed E-state index contributed by atoms with van der Waals surface area (Å²) in [5, 5.41) is 11.5. The fraction of sp³-hybridized carbons (Fsp3) is 0.323. The summed E-state index contributed by atoms with van der Waals surface area (Å²) in [5.74, 6) is 0.226. The summed E-state index contributed by atoms with van der Waals surface area (Å²) in [6.07, 6.45) is 4.86. The van der Waals surface area contributed by atoms with Crippen LogP contribution in [0.5, 0.6) is 17.2 Å². The fourth-order valence-corrected chi connectivity index (χ4v) is 5.09. The molecule has 1 N–H and O–H groups in total. The number of benzene rings is 2. The van der Waals surface area contributed by atoms with Crippen LogP contribution in [0.4, 0.5) is 0 Å². The van der Waals surface area contributed by atoms with Crippen molar-refractivity contribution in [1.29, 1.82) is 0 Å². The number of fused-ring (bicyclic) bond motifs is 1. The summed E-state index contributed by atoms with van der Waals surface area (Å²) in [4.78, 5) is 32.5. The molecule has 0 saturated carbocycles. The molecule has 1 amide bonds. The van der Waals surface area contributed by atoms with Crippen LogP contribution in [-0.4, -0.2) is 46.0 Å². The van der Waals surface area contributed by atoms with Gasteiger partial charge >= 0.3 is 0 Å². The zero-order valence-corrected chi connectivity index (χ0v) is 22.3. The van der Waals surface area contributed by atoms with Gasteiger partial charge in [0, 0.05) is 30.9 Å². The second-order valence-corrected chi connectivity index (χ2v) is 9.73. The highest BCUT2D eigenvalue weighted by Gasteiger charge is 2.46. The lowest BCUT2D eigenvalue weighted by atomic mass is 9.94. The molecule has 0 unspecified atom stereocenters. The molecule has 0 radical (unpaired) electrons.